The van der Waals surface area contributed by atoms with Gasteiger partial charge in [-0.25, -0.2) is 4.39 Å². The number of hydrogen-bond acceptors (Lipinski definition) is 2. The number of halogens is 1. The summed E-state index contributed by atoms with van der Waals surface area (Å²) >= 11 is 0. The maximum atomic E-state index is 13.6. The number of rotatable bonds is 1. The monoisotopic (exact) mass is 237 g/mol. The van der Waals surface area contributed by atoms with Gasteiger partial charge in [-0.3, -0.25) is 4.79 Å². The number of carbonyl (C=O) groups is 1. The highest BCUT2D eigenvalue weighted by molar-refractivity contribution is 5.95. The molecule has 17 heavy (non-hydrogen) atoms. The van der Waals surface area contributed by atoms with Gasteiger partial charge in [-0.05, 0) is 32.9 Å². The van der Waals surface area contributed by atoms with Gasteiger partial charge in [0.05, 0.1) is 17.7 Å². The van der Waals surface area contributed by atoms with Gasteiger partial charge in [-0.1, -0.05) is 12.1 Å². The Morgan fingerprint density at radius 1 is 1.47 bits per heavy atom. The lowest BCUT2D eigenvalue weighted by Gasteiger charge is -2.32. The van der Waals surface area contributed by atoms with E-state index in [0.717, 1.165) is 0 Å². The third-order valence-corrected chi connectivity index (χ3v) is 3.02. The normalized spacial score (nSPS) is 22.8. The van der Waals surface area contributed by atoms with Crippen LogP contribution >= 0.6 is 0 Å². The fourth-order valence-corrected chi connectivity index (χ4v) is 2.17. The lowest BCUT2D eigenvalue weighted by atomic mass is 10.0. The molecular formula is C13H16FNO2. The number of nitrogens with zero attached hydrogens (tertiary/aromatic N) is 1. The Morgan fingerprint density at radius 3 is 2.65 bits per heavy atom. The van der Waals surface area contributed by atoms with Gasteiger partial charge in [-0.2, -0.15) is 0 Å². The summed E-state index contributed by atoms with van der Waals surface area (Å²) in [7, 11) is 0. The molecule has 4 heteroatoms. The first-order valence-corrected chi connectivity index (χ1v) is 5.63. The van der Waals surface area contributed by atoms with Crippen molar-refractivity contribution in [2.75, 3.05) is 6.61 Å². The van der Waals surface area contributed by atoms with Crippen molar-refractivity contribution >= 4 is 5.91 Å². The number of hydrogen-bond donors (Lipinski definition) is 0. The van der Waals surface area contributed by atoms with Gasteiger partial charge in [-0.15, -0.1) is 0 Å². The highest BCUT2D eigenvalue weighted by atomic mass is 19.1. The van der Waals surface area contributed by atoms with Crippen molar-refractivity contribution in [1.82, 2.24) is 4.90 Å². The molecule has 1 heterocycles. The van der Waals surface area contributed by atoms with Crippen molar-refractivity contribution in [2.45, 2.75) is 32.5 Å². The summed E-state index contributed by atoms with van der Waals surface area (Å²) in [6, 6.07) is 6.02. The van der Waals surface area contributed by atoms with Crippen molar-refractivity contribution in [3.05, 3.63) is 35.6 Å². The summed E-state index contributed by atoms with van der Waals surface area (Å²) in [6.07, 6.45) is -0.322. The minimum Gasteiger partial charge on any atom is -0.356 e. The van der Waals surface area contributed by atoms with E-state index in [9.17, 15) is 9.18 Å². The van der Waals surface area contributed by atoms with E-state index < -0.39 is 11.4 Å². The topological polar surface area (TPSA) is 29.5 Å². The molecule has 0 radical (unpaired) electrons. The predicted octanol–water partition coefficient (Wildman–Crippen LogP) is 2.42. The van der Waals surface area contributed by atoms with E-state index in [1.807, 2.05) is 13.8 Å². The number of carbonyl (C=O) groups excluding carboxylic acids is 1. The van der Waals surface area contributed by atoms with Gasteiger partial charge >= 0.3 is 0 Å². The summed E-state index contributed by atoms with van der Waals surface area (Å²) in [5.74, 6) is -0.814. The second kappa shape index (κ2) is 4.11. The van der Waals surface area contributed by atoms with Gasteiger partial charge in [0.2, 0.25) is 0 Å². The smallest absolute Gasteiger partial charge is 0.259 e. The fourth-order valence-electron chi connectivity index (χ4n) is 2.17. The molecule has 1 saturated heterocycles. The molecule has 1 fully saturated rings. The maximum Gasteiger partial charge on any atom is 0.259 e. The Hall–Kier alpha value is -1.42. The van der Waals surface area contributed by atoms with Gasteiger partial charge in [0, 0.05) is 0 Å². The predicted molar refractivity (Wildman–Crippen MR) is 62.1 cm³/mol. The molecule has 1 aromatic rings. The minimum atomic E-state index is -0.493. The van der Waals surface area contributed by atoms with Crippen molar-refractivity contribution in [3.8, 4) is 0 Å². The zero-order valence-corrected chi connectivity index (χ0v) is 10.2. The first kappa shape index (κ1) is 12.0. The van der Waals surface area contributed by atoms with Crippen LogP contribution < -0.4 is 0 Å². The highest BCUT2D eigenvalue weighted by Crippen LogP contribution is 2.29. The van der Waals surface area contributed by atoms with Gasteiger partial charge < -0.3 is 9.64 Å². The van der Waals surface area contributed by atoms with Crippen LogP contribution in [0.3, 0.4) is 0 Å². The molecule has 1 atom stereocenters. The average Bonchev–Trinajstić information content (AvgIpc) is 2.53. The first-order valence-electron chi connectivity index (χ1n) is 5.63. The van der Waals surface area contributed by atoms with Gasteiger partial charge in [0.25, 0.3) is 5.91 Å². The van der Waals surface area contributed by atoms with Crippen molar-refractivity contribution in [2.24, 2.45) is 0 Å². The fraction of sp³-hybridized carbons (Fsp3) is 0.462. The lowest BCUT2D eigenvalue weighted by Crippen LogP contribution is -2.47. The second-order valence-corrected chi connectivity index (χ2v) is 4.88. The molecule has 1 aliphatic heterocycles. The van der Waals surface area contributed by atoms with Crippen LogP contribution in [-0.4, -0.2) is 29.2 Å². The van der Waals surface area contributed by atoms with Crippen molar-refractivity contribution in [1.29, 1.82) is 0 Å². The van der Waals surface area contributed by atoms with Crippen molar-refractivity contribution in [3.63, 3.8) is 0 Å². The molecule has 1 aliphatic rings. The first-order chi connectivity index (χ1) is 7.93. The highest BCUT2D eigenvalue weighted by Gasteiger charge is 2.42. The molecule has 2 rings (SSSR count). The van der Waals surface area contributed by atoms with Crippen LogP contribution in [-0.2, 0) is 4.74 Å². The summed E-state index contributed by atoms with van der Waals surface area (Å²) in [6.45, 7) is 6.09. The molecule has 0 spiro atoms. The molecule has 0 N–H and O–H groups in total. The van der Waals surface area contributed by atoms with E-state index >= 15 is 0 Å². The van der Waals surface area contributed by atoms with E-state index in [2.05, 4.69) is 0 Å². The Kier molecular flexibility index (Phi) is 2.91. The van der Waals surface area contributed by atoms with Gasteiger partial charge in [0.15, 0.2) is 0 Å². The summed E-state index contributed by atoms with van der Waals surface area (Å²) < 4.78 is 19.0. The minimum absolute atomic E-state index is 0.0953. The zero-order valence-electron chi connectivity index (χ0n) is 10.2. The summed E-state index contributed by atoms with van der Waals surface area (Å²) in [5.41, 5.74) is -0.309. The van der Waals surface area contributed by atoms with Crippen molar-refractivity contribution < 1.29 is 13.9 Å². The molecule has 1 aromatic carbocycles. The van der Waals surface area contributed by atoms with Crippen LogP contribution in [0, 0.1) is 5.82 Å². The van der Waals surface area contributed by atoms with Crippen LogP contribution in [0.5, 0.6) is 0 Å². The summed E-state index contributed by atoms with van der Waals surface area (Å²) in [5, 5.41) is 0. The molecule has 0 bridgehead atoms. The molecule has 0 aromatic heterocycles. The molecule has 1 unspecified atom stereocenters. The summed E-state index contributed by atoms with van der Waals surface area (Å²) in [4.78, 5) is 13.9. The van der Waals surface area contributed by atoms with Crippen LogP contribution in [0.2, 0.25) is 0 Å². The number of benzene rings is 1. The van der Waals surface area contributed by atoms with Crippen LogP contribution in [0.15, 0.2) is 24.3 Å². The maximum absolute atomic E-state index is 13.6. The average molecular weight is 237 g/mol. The third kappa shape index (κ3) is 2.05. The zero-order chi connectivity index (χ0) is 12.6. The number of ether oxygens (including phenoxy) is 1. The molecule has 92 valence electrons. The van der Waals surface area contributed by atoms with E-state index in [1.165, 1.54) is 12.1 Å². The van der Waals surface area contributed by atoms with Crippen LogP contribution in [0.1, 0.15) is 31.1 Å². The van der Waals surface area contributed by atoms with E-state index in [1.54, 1.807) is 24.0 Å². The molecule has 0 aliphatic carbocycles. The Labute approximate surface area is 100 Å². The molecule has 3 nitrogen and oxygen atoms in total. The number of amides is 1. The molecule has 1 amide bonds. The third-order valence-electron chi connectivity index (χ3n) is 3.02. The lowest BCUT2D eigenvalue weighted by molar-refractivity contribution is 0.0304. The van der Waals surface area contributed by atoms with Gasteiger partial charge in [0.1, 0.15) is 12.0 Å². The van der Waals surface area contributed by atoms with Crippen LogP contribution in [0.4, 0.5) is 4.39 Å². The van der Waals surface area contributed by atoms with E-state index in [4.69, 9.17) is 4.74 Å². The molecular weight excluding hydrogens is 221 g/mol. The van der Waals surface area contributed by atoms with E-state index in [-0.39, 0.29) is 17.7 Å². The Bertz CT molecular complexity index is 445. The van der Waals surface area contributed by atoms with E-state index in [0.29, 0.717) is 6.61 Å². The largest absolute Gasteiger partial charge is 0.356 e. The standard InChI is InChI=1S/C13H16FNO2/c1-9-15(13(2,3)8-17-9)12(16)10-6-4-5-7-11(10)14/h4-7,9H,8H2,1-3H3. The quantitative estimate of drug-likeness (QED) is 0.750. The SMILES string of the molecule is CC1OCC(C)(C)N1C(=O)c1ccccc1F. The van der Waals surface area contributed by atoms with Crippen LogP contribution in [0.25, 0.3) is 0 Å². The second-order valence-electron chi connectivity index (χ2n) is 4.88. The Balaban J connectivity index is 2.35. The molecule has 0 saturated carbocycles. The Morgan fingerprint density at radius 2 is 2.12 bits per heavy atom.